The van der Waals surface area contributed by atoms with E-state index < -0.39 is 0 Å². The first kappa shape index (κ1) is 24.3. The lowest BCUT2D eigenvalue weighted by atomic mass is 10.2. The summed E-state index contributed by atoms with van der Waals surface area (Å²) in [6.45, 7) is 7.04. The fourth-order valence-corrected chi connectivity index (χ4v) is 4.94. The summed E-state index contributed by atoms with van der Waals surface area (Å²) in [5.74, 6) is 1.50. The molecular formula is C27H30N8O3. The van der Waals surface area contributed by atoms with E-state index in [0.717, 1.165) is 36.6 Å². The van der Waals surface area contributed by atoms with E-state index in [4.69, 9.17) is 14.7 Å². The Balaban J connectivity index is 1.20. The van der Waals surface area contributed by atoms with Crippen molar-refractivity contribution in [3.8, 4) is 17.1 Å². The summed E-state index contributed by atoms with van der Waals surface area (Å²) in [7, 11) is 0. The molecule has 1 N–H and O–H groups in total. The van der Waals surface area contributed by atoms with Crippen molar-refractivity contribution in [2.75, 3.05) is 63.9 Å². The van der Waals surface area contributed by atoms with Crippen LogP contribution in [0, 0.1) is 0 Å². The molecule has 6 rings (SSSR count). The smallest absolute Gasteiger partial charge is 0.253 e. The van der Waals surface area contributed by atoms with Crippen LogP contribution in [0.3, 0.4) is 0 Å². The highest BCUT2D eigenvalue weighted by atomic mass is 16.5. The minimum absolute atomic E-state index is 0.0827. The van der Waals surface area contributed by atoms with Crippen LogP contribution in [-0.4, -0.2) is 105 Å². The molecule has 2 fully saturated rings. The standard InChI is InChI=1S/C27H30N8O3/c36-22-8-4-7-21(19-22)24-28-25(33-15-17-38-18-16-33)23-26(29-24)35(31-30-23)14-11-32-9-12-34(13-10-32)27(37)20-5-2-1-3-6-20/h1-8,19,36H,9-18H2. The largest absolute Gasteiger partial charge is 0.508 e. The summed E-state index contributed by atoms with van der Waals surface area (Å²) in [5.41, 5.74) is 2.79. The van der Waals surface area contributed by atoms with Crippen LogP contribution in [0.1, 0.15) is 10.4 Å². The summed E-state index contributed by atoms with van der Waals surface area (Å²) in [6.07, 6.45) is 0. The average Bonchev–Trinajstić information content (AvgIpc) is 3.39. The number of carbonyl (C=O) groups is 1. The number of rotatable bonds is 6. The normalized spacial score (nSPS) is 16.7. The highest BCUT2D eigenvalue weighted by molar-refractivity contribution is 5.94. The summed E-state index contributed by atoms with van der Waals surface area (Å²) >= 11 is 0. The fourth-order valence-electron chi connectivity index (χ4n) is 4.94. The second kappa shape index (κ2) is 10.7. The number of carbonyl (C=O) groups excluding carboxylic acids is 1. The van der Waals surface area contributed by atoms with E-state index in [0.29, 0.717) is 62.9 Å². The highest BCUT2D eigenvalue weighted by Crippen LogP contribution is 2.28. The van der Waals surface area contributed by atoms with Crippen LogP contribution in [0.2, 0.25) is 0 Å². The van der Waals surface area contributed by atoms with E-state index >= 15 is 0 Å². The zero-order valence-corrected chi connectivity index (χ0v) is 21.1. The molecule has 0 aliphatic carbocycles. The van der Waals surface area contributed by atoms with Gasteiger partial charge in [0.15, 0.2) is 22.8 Å². The van der Waals surface area contributed by atoms with Crippen LogP contribution in [-0.2, 0) is 11.3 Å². The molecule has 1 amide bonds. The van der Waals surface area contributed by atoms with Gasteiger partial charge in [-0.1, -0.05) is 35.5 Å². The molecule has 38 heavy (non-hydrogen) atoms. The number of hydrogen-bond acceptors (Lipinski definition) is 9. The first-order chi connectivity index (χ1) is 18.7. The maximum atomic E-state index is 12.8. The number of aromatic nitrogens is 5. The van der Waals surface area contributed by atoms with Gasteiger partial charge in [-0.05, 0) is 24.3 Å². The van der Waals surface area contributed by atoms with Crippen molar-refractivity contribution in [2.24, 2.45) is 0 Å². The van der Waals surface area contributed by atoms with E-state index in [9.17, 15) is 9.90 Å². The Morgan fingerprint density at radius 1 is 0.895 bits per heavy atom. The first-order valence-electron chi connectivity index (χ1n) is 13.0. The fraction of sp³-hybridized carbons (Fsp3) is 0.370. The molecule has 0 spiro atoms. The minimum Gasteiger partial charge on any atom is -0.508 e. The van der Waals surface area contributed by atoms with Gasteiger partial charge in [0.05, 0.1) is 19.8 Å². The van der Waals surface area contributed by atoms with E-state index in [2.05, 4.69) is 20.1 Å². The van der Waals surface area contributed by atoms with Gasteiger partial charge in [0.25, 0.3) is 5.91 Å². The third-order valence-electron chi connectivity index (χ3n) is 7.07. The van der Waals surface area contributed by atoms with Crippen molar-refractivity contribution in [3.05, 3.63) is 60.2 Å². The Kier molecular flexibility index (Phi) is 6.84. The van der Waals surface area contributed by atoms with Crippen LogP contribution in [0.4, 0.5) is 5.82 Å². The number of anilines is 1. The van der Waals surface area contributed by atoms with Crippen molar-refractivity contribution >= 4 is 22.9 Å². The predicted octanol–water partition coefficient (Wildman–Crippen LogP) is 1.89. The molecule has 4 heterocycles. The van der Waals surface area contributed by atoms with Gasteiger partial charge in [-0.25, -0.2) is 14.6 Å². The molecule has 2 aromatic heterocycles. The Morgan fingerprint density at radius 2 is 1.68 bits per heavy atom. The SMILES string of the molecule is O=C(c1ccccc1)N1CCN(CCn2nnc3c(N4CCOCC4)nc(-c4cccc(O)c4)nc32)CC1. The lowest BCUT2D eigenvalue weighted by Crippen LogP contribution is -2.49. The summed E-state index contributed by atoms with van der Waals surface area (Å²) in [5, 5.41) is 18.9. The zero-order valence-electron chi connectivity index (χ0n) is 21.1. The van der Waals surface area contributed by atoms with Gasteiger partial charge >= 0.3 is 0 Å². The topological polar surface area (TPSA) is 113 Å². The molecule has 0 atom stereocenters. The first-order valence-corrected chi connectivity index (χ1v) is 13.0. The third-order valence-corrected chi connectivity index (χ3v) is 7.07. The summed E-state index contributed by atoms with van der Waals surface area (Å²) in [4.78, 5) is 28.8. The minimum atomic E-state index is 0.0827. The van der Waals surface area contributed by atoms with Crippen LogP contribution >= 0.6 is 0 Å². The Bertz CT molecular complexity index is 1410. The molecule has 4 aromatic rings. The van der Waals surface area contributed by atoms with Crippen LogP contribution in [0.25, 0.3) is 22.6 Å². The molecule has 2 aliphatic rings. The van der Waals surface area contributed by atoms with Gasteiger partial charge in [0, 0.05) is 56.9 Å². The van der Waals surface area contributed by atoms with Crippen molar-refractivity contribution in [3.63, 3.8) is 0 Å². The molecule has 2 aromatic carbocycles. The molecule has 0 radical (unpaired) electrons. The summed E-state index contributed by atoms with van der Waals surface area (Å²) < 4.78 is 7.36. The lowest BCUT2D eigenvalue weighted by molar-refractivity contribution is 0.0632. The van der Waals surface area contributed by atoms with Crippen molar-refractivity contribution in [2.45, 2.75) is 6.54 Å². The van der Waals surface area contributed by atoms with Crippen molar-refractivity contribution in [1.29, 1.82) is 0 Å². The molecule has 0 saturated carbocycles. The molecular weight excluding hydrogens is 484 g/mol. The molecule has 0 bridgehead atoms. The van der Waals surface area contributed by atoms with Crippen molar-refractivity contribution < 1.29 is 14.6 Å². The van der Waals surface area contributed by atoms with Crippen LogP contribution in [0.15, 0.2) is 54.6 Å². The quantitative estimate of drug-likeness (QED) is 0.412. The van der Waals surface area contributed by atoms with E-state index in [1.54, 1.807) is 18.2 Å². The highest BCUT2D eigenvalue weighted by Gasteiger charge is 2.24. The number of amides is 1. The van der Waals surface area contributed by atoms with Gasteiger partial charge in [-0.2, -0.15) is 0 Å². The van der Waals surface area contributed by atoms with Gasteiger partial charge in [-0.15, -0.1) is 5.10 Å². The number of fused-ring (bicyclic) bond motifs is 1. The van der Waals surface area contributed by atoms with E-state index in [1.807, 2.05) is 46.0 Å². The molecule has 2 saturated heterocycles. The van der Waals surface area contributed by atoms with E-state index in [-0.39, 0.29) is 11.7 Å². The predicted molar refractivity (Wildman–Crippen MR) is 142 cm³/mol. The molecule has 0 unspecified atom stereocenters. The number of piperazine rings is 1. The van der Waals surface area contributed by atoms with Crippen LogP contribution in [0.5, 0.6) is 5.75 Å². The number of morpholine rings is 1. The number of aromatic hydroxyl groups is 1. The average molecular weight is 515 g/mol. The Hall–Kier alpha value is -4.09. The Labute approximate surface area is 220 Å². The van der Waals surface area contributed by atoms with Gasteiger partial charge < -0.3 is 19.6 Å². The van der Waals surface area contributed by atoms with Crippen molar-refractivity contribution in [1.82, 2.24) is 34.8 Å². The number of ether oxygens (including phenoxy) is 1. The number of phenolic OH excluding ortho intramolecular Hbond substituents is 1. The second-order valence-corrected chi connectivity index (χ2v) is 9.51. The van der Waals surface area contributed by atoms with Crippen LogP contribution < -0.4 is 4.90 Å². The lowest BCUT2D eigenvalue weighted by Gasteiger charge is -2.34. The zero-order chi connectivity index (χ0) is 25.9. The number of nitrogens with zero attached hydrogens (tertiary/aromatic N) is 8. The van der Waals surface area contributed by atoms with Gasteiger partial charge in [0.2, 0.25) is 0 Å². The van der Waals surface area contributed by atoms with Gasteiger partial charge in [-0.3, -0.25) is 9.69 Å². The maximum absolute atomic E-state index is 12.8. The second-order valence-electron chi connectivity index (χ2n) is 9.51. The number of phenols is 1. The van der Waals surface area contributed by atoms with Gasteiger partial charge in [0.1, 0.15) is 5.75 Å². The Morgan fingerprint density at radius 3 is 2.45 bits per heavy atom. The molecule has 2 aliphatic heterocycles. The number of hydrogen-bond donors (Lipinski definition) is 1. The molecule has 196 valence electrons. The molecule has 11 heteroatoms. The van der Waals surface area contributed by atoms with E-state index in [1.165, 1.54) is 0 Å². The third kappa shape index (κ3) is 5.02. The summed E-state index contributed by atoms with van der Waals surface area (Å²) in [6, 6.07) is 16.4. The monoisotopic (exact) mass is 514 g/mol. The molecule has 11 nitrogen and oxygen atoms in total. The number of benzene rings is 2. The maximum Gasteiger partial charge on any atom is 0.253 e.